The summed E-state index contributed by atoms with van der Waals surface area (Å²) >= 11 is 0. The predicted molar refractivity (Wildman–Crippen MR) is 111 cm³/mol. The third-order valence-corrected chi connectivity index (χ3v) is 4.75. The molecule has 0 saturated carbocycles. The average molecular weight is 396 g/mol. The molecule has 7 heteroatoms. The summed E-state index contributed by atoms with van der Waals surface area (Å²) in [6, 6.07) is 12.5. The second-order valence-corrected chi connectivity index (χ2v) is 6.64. The highest BCUT2D eigenvalue weighted by atomic mass is 16.5. The lowest BCUT2D eigenvalue weighted by Gasteiger charge is -2.19. The lowest BCUT2D eigenvalue weighted by molar-refractivity contribution is -0.121. The SMILES string of the molecule is COc1cc(C(C)NC(=O)Cc2cc3ccccc3[nH]c2=O)cc(OC)c1OC. The molecule has 0 aliphatic rings. The fourth-order valence-electron chi connectivity index (χ4n) is 3.22. The molecule has 0 radical (unpaired) electrons. The van der Waals surface area contributed by atoms with Gasteiger partial charge in [0.2, 0.25) is 11.7 Å². The summed E-state index contributed by atoms with van der Waals surface area (Å²) in [6.45, 7) is 1.85. The van der Waals surface area contributed by atoms with Crippen LogP contribution >= 0.6 is 0 Å². The first-order valence-corrected chi connectivity index (χ1v) is 9.17. The monoisotopic (exact) mass is 396 g/mol. The fourth-order valence-corrected chi connectivity index (χ4v) is 3.22. The number of carbonyl (C=O) groups excluding carboxylic acids is 1. The number of para-hydroxylation sites is 1. The molecular weight excluding hydrogens is 372 g/mol. The van der Waals surface area contributed by atoms with E-state index in [1.165, 1.54) is 21.3 Å². The van der Waals surface area contributed by atoms with Gasteiger partial charge in [0.1, 0.15) is 0 Å². The molecule has 0 aliphatic heterocycles. The fraction of sp³-hybridized carbons (Fsp3) is 0.273. The molecular formula is C22H24N2O5. The van der Waals surface area contributed by atoms with Gasteiger partial charge in [-0.05, 0) is 42.1 Å². The van der Waals surface area contributed by atoms with E-state index in [9.17, 15) is 9.59 Å². The van der Waals surface area contributed by atoms with Gasteiger partial charge in [-0.2, -0.15) is 0 Å². The Bertz CT molecular complexity index is 1060. The summed E-state index contributed by atoms with van der Waals surface area (Å²) in [5, 5.41) is 3.80. The second-order valence-electron chi connectivity index (χ2n) is 6.64. The summed E-state index contributed by atoms with van der Waals surface area (Å²) < 4.78 is 16.1. The van der Waals surface area contributed by atoms with Crippen molar-refractivity contribution in [2.45, 2.75) is 19.4 Å². The molecule has 7 nitrogen and oxygen atoms in total. The van der Waals surface area contributed by atoms with Gasteiger partial charge in [0, 0.05) is 11.1 Å². The van der Waals surface area contributed by atoms with Crippen molar-refractivity contribution in [2.75, 3.05) is 21.3 Å². The molecule has 2 aromatic carbocycles. The van der Waals surface area contributed by atoms with Gasteiger partial charge in [-0.3, -0.25) is 9.59 Å². The largest absolute Gasteiger partial charge is 0.493 e. The highest BCUT2D eigenvalue weighted by Crippen LogP contribution is 2.39. The van der Waals surface area contributed by atoms with Crippen LogP contribution in [0.1, 0.15) is 24.1 Å². The molecule has 152 valence electrons. The maximum atomic E-state index is 12.6. The van der Waals surface area contributed by atoms with E-state index in [1.807, 2.05) is 31.2 Å². The number of H-pyrrole nitrogens is 1. The number of ether oxygens (including phenoxy) is 3. The van der Waals surface area contributed by atoms with E-state index in [1.54, 1.807) is 18.2 Å². The number of benzene rings is 2. The molecule has 0 bridgehead atoms. The lowest BCUT2D eigenvalue weighted by Crippen LogP contribution is -2.30. The number of aromatic amines is 1. The van der Waals surface area contributed by atoms with Gasteiger partial charge in [0.15, 0.2) is 11.5 Å². The number of rotatable bonds is 7. The second kappa shape index (κ2) is 8.68. The van der Waals surface area contributed by atoms with Crippen LogP contribution in [0.2, 0.25) is 0 Å². The molecule has 1 aromatic heterocycles. The van der Waals surface area contributed by atoms with Gasteiger partial charge in [-0.15, -0.1) is 0 Å². The van der Waals surface area contributed by atoms with E-state index in [0.29, 0.717) is 22.8 Å². The van der Waals surface area contributed by atoms with Crippen LogP contribution < -0.4 is 25.1 Å². The first kappa shape index (κ1) is 20.3. The summed E-state index contributed by atoms with van der Waals surface area (Å²) in [4.78, 5) is 27.7. The number of pyridine rings is 1. The van der Waals surface area contributed by atoms with Crippen molar-refractivity contribution < 1.29 is 19.0 Å². The maximum absolute atomic E-state index is 12.6. The van der Waals surface area contributed by atoms with Crippen molar-refractivity contribution in [1.29, 1.82) is 0 Å². The Morgan fingerprint density at radius 2 is 1.69 bits per heavy atom. The molecule has 1 atom stereocenters. The molecule has 1 amide bonds. The van der Waals surface area contributed by atoms with Crippen LogP contribution in [0, 0.1) is 0 Å². The third kappa shape index (κ3) is 4.34. The zero-order valence-electron chi connectivity index (χ0n) is 16.9. The Morgan fingerprint density at radius 1 is 1.03 bits per heavy atom. The number of nitrogens with one attached hydrogen (secondary N) is 2. The smallest absolute Gasteiger partial charge is 0.252 e. The number of aromatic nitrogens is 1. The number of methoxy groups -OCH3 is 3. The normalized spacial score (nSPS) is 11.7. The maximum Gasteiger partial charge on any atom is 0.252 e. The molecule has 3 rings (SSSR count). The number of fused-ring (bicyclic) bond motifs is 1. The van der Waals surface area contributed by atoms with Crippen LogP contribution in [0.3, 0.4) is 0 Å². The summed E-state index contributed by atoms with van der Waals surface area (Å²) in [5.74, 6) is 1.25. The summed E-state index contributed by atoms with van der Waals surface area (Å²) in [6.07, 6.45) is -0.0189. The minimum atomic E-state index is -0.323. The van der Waals surface area contributed by atoms with Crippen LogP contribution in [0.15, 0.2) is 47.3 Å². The standard InChI is InChI=1S/C22H24N2O5/c1-13(15-10-18(27-2)21(29-4)19(11-15)28-3)23-20(25)12-16-9-14-7-5-6-8-17(14)24-22(16)26/h5-11,13H,12H2,1-4H3,(H,23,25)(H,24,26). The molecule has 0 spiro atoms. The predicted octanol–water partition coefficient (Wildman–Crippen LogP) is 2.97. The van der Waals surface area contributed by atoms with E-state index in [-0.39, 0.29) is 23.9 Å². The van der Waals surface area contributed by atoms with Crippen molar-refractivity contribution in [2.24, 2.45) is 0 Å². The molecule has 0 aliphatic carbocycles. The molecule has 29 heavy (non-hydrogen) atoms. The summed E-state index contributed by atoms with van der Waals surface area (Å²) in [5.41, 5.74) is 1.69. The molecule has 0 saturated heterocycles. The zero-order valence-corrected chi connectivity index (χ0v) is 16.9. The van der Waals surface area contributed by atoms with Gasteiger partial charge in [0.05, 0.1) is 33.8 Å². The first-order chi connectivity index (χ1) is 14.0. The molecule has 1 unspecified atom stereocenters. The van der Waals surface area contributed by atoms with Gasteiger partial charge in [-0.25, -0.2) is 0 Å². The molecule has 2 N–H and O–H groups in total. The Balaban J connectivity index is 1.79. The number of carbonyl (C=O) groups is 1. The molecule has 3 aromatic rings. The quantitative estimate of drug-likeness (QED) is 0.641. The van der Waals surface area contributed by atoms with Crippen molar-refractivity contribution in [1.82, 2.24) is 10.3 Å². The van der Waals surface area contributed by atoms with E-state index in [2.05, 4.69) is 10.3 Å². The van der Waals surface area contributed by atoms with Crippen LogP contribution in [0.5, 0.6) is 17.2 Å². The number of amides is 1. The number of hydrogen-bond acceptors (Lipinski definition) is 5. The Morgan fingerprint density at radius 3 is 2.31 bits per heavy atom. The van der Waals surface area contributed by atoms with E-state index < -0.39 is 0 Å². The summed E-state index contributed by atoms with van der Waals surface area (Å²) in [7, 11) is 4.61. The van der Waals surface area contributed by atoms with Crippen molar-refractivity contribution in [3.63, 3.8) is 0 Å². The highest BCUT2D eigenvalue weighted by molar-refractivity contribution is 5.82. The van der Waals surface area contributed by atoms with Crippen LogP contribution in [-0.4, -0.2) is 32.2 Å². The van der Waals surface area contributed by atoms with Gasteiger partial charge >= 0.3 is 0 Å². The highest BCUT2D eigenvalue weighted by Gasteiger charge is 2.18. The van der Waals surface area contributed by atoms with Crippen molar-refractivity contribution in [3.05, 3.63) is 63.9 Å². The Hall–Kier alpha value is -3.48. The minimum Gasteiger partial charge on any atom is -0.493 e. The Kier molecular flexibility index (Phi) is 6.07. The van der Waals surface area contributed by atoms with Crippen LogP contribution in [-0.2, 0) is 11.2 Å². The van der Waals surface area contributed by atoms with Crippen molar-refractivity contribution in [3.8, 4) is 17.2 Å². The van der Waals surface area contributed by atoms with E-state index >= 15 is 0 Å². The van der Waals surface area contributed by atoms with E-state index in [4.69, 9.17) is 14.2 Å². The average Bonchev–Trinajstić information content (AvgIpc) is 2.72. The number of hydrogen-bond donors (Lipinski definition) is 2. The first-order valence-electron chi connectivity index (χ1n) is 9.17. The lowest BCUT2D eigenvalue weighted by atomic mass is 10.1. The molecule has 1 heterocycles. The zero-order chi connectivity index (χ0) is 21.0. The van der Waals surface area contributed by atoms with Crippen LogP contribution in [0.4, 0.5) is 0 Å². The third-order valence-electron chi connectivity index (χ3n) is 4.75. The van der Waals surface area contributed by atoms with Crippen LogP contribution in [0.25, 0.3) is 10.9 Å². The molecule has 0 fully saturated rings. The minimum absolute atomic E-state index is 0.0189. The topological polar surface area (TPSA) is 89.7 Å². The van der Waals surface area contributed by atoms with Gasteiger partial charge in [0.25, 0.3) is 5.56 Å². The van der Waals surface area contributed by atoms with Crippen molar-refractivity contribution >= 4 is 16.8 Å². The van der Waals surface area contributed by atoms with Gasteiger partial charge < -0.3 is 24.5 Å². The van der Waals surface area contributed by atoms with E-state index in [0.717, 1.165) is 16.5 Å². The van der Waals surface area contributed by atoms with Gasteiger partial charge in [-0.1, -0.05) is 18.2 Å². The Labute approximate surface area is 168 Å².